The van der Waals surface area contributed by atoms with Crippen LogP contribution in [0.3, 0.4) is 0 Å². The molecule has 1 saturated heterocycles. The van der Waals surface area contributed by atoms with E-state index in [2.05, 4.69) is 19.8 Å². The van der Waals surface area contributed by atoms with Crippen LogP contribution in [0.1, 0.15) is 12.5 Å². The van der Waals surface area contributed by atoms with Gasteiger partial charge in [0.2, 0.25) is 10.0 Å². The third-order valence-corrected chi connectivity index (χ3v) is 6.45. The molecule has 2 N–H and O–H groups in total. The third-order valence-electron chi connectivity index (χ3n) is 5.02. The quantitative estimate of drug-likeness (QED) is 0.539. The van der Waals surface area contributed by atoms with Crippen LogP contribution in [0.25, 0.3) is 0 Å². The smallest absolute Gasteiger partial charge is 0.240 e. The molecule has 0 bridgehead atoms. The van der Waals surface area contributed by atoms with E-state index in [9.17, 15) is 12.8 Å². The minimum atomic E-state index is -3.43. The summed E-state index contributed by atoms with van der Waals surface area (Å²) >= 11 is 0. The van der Waals surface area contributed by atoms with E-state index >= 15 is 0 Å². The van der Waals surface area contributed by atoms with E-state index < -0.39 is 10.0 Å². The maximum Gasteiger partial charge on any atom is 0.240 e. The van der Waals surface area contributed by atoms with Gasteiger partial charge in [-0.05, 0) is 55.9 Å². The normalized spacial score (nSPS) is 15.4. The third kappa shape index (κ3) is 5.48. The van der Waals surface area contributed by atoms with Crippen molar-refractivity contribution in [1.29, 1.82) is 0 Å². The van der Waals surface area contributed by atoms with E-state index in [4.69, 9.17) is 4.99 Å². The van der Waals surface area contributed by atoms with Crippen LogP contribution < -0.4 is 14.9 Å². The maximum absolute atomic E-state index is 13.1. The van der Waals surface area contributed by atoms with E-state index in [1.165, 1.54) is 19.2 Å². The van der Waals surface area contributed by atoms with Gasteiger partial charge in [-0.2, -0.15) is 0 Å². The fraction of sp³-hybridized carbons (Fsp3) is 0.381. The molecule has 2 aromatic carbocycles. The van der Waals surface area contributed by atoms with Crippen molar-refractivity contribution >= 4 is 21.7 Å². The molecule has 1 fully saturated rings. The van der Waals surface area contributed by atoms with Gasteiger partial charge in [0.05, 0.1) is 11.4 Å². The second kappa shape index (κ2) is 9.90. The van der Waals surface area contributed by atoms with Crippen LogP contribution in [0.5, 0.6) is 0 Å². The summed E-state index contributed by atoms with van der Waals surface area (Å²) < 4.78 is 39.1. The molecule has 0 amide bonds. The van der Waals surface area contributed by atoms with Crippen molar-refractivity contribution < 1.29 is 12.8 Å². The summed E-state index contributed by atoms with van der Waals surface area (Å²) in [5.74, 6) is 0.610. The number of rotatable bonds is 6. The minimum absolute atomic E-state index is 0.226. The highest BCUT2D eigenvalue weighted by atomic mass is 32.2. The van der Waals surface area contributed by atoms with Crippen LogP contribution in [0.2, 0.25) is 0 Å². The molecule has 30 heavy (non-hydrogen) atoms. The first-order valence-electron chi connectivity index (χ1n) is 9.99. The minimum Gasteiger partial charge on any atom is -0.368 e. The fourth-order valence-corrected chi connectivity index (χ4v) is 4.04. The molecule has 1 aliphatic heterocycles. The number of anilines is 1. The first-order chi connectivity index (χ1) is 14.4. The zero-order valence-corrected chi connectivity index (χ0v) is 18.1. The Labute approximate surface area is 177 Å². The topological polar surface area (TPSA) is 77.0 Å². The Balaban J connectivity index is 1.63. The molecule has 1 aliphatic rings. The van der Waals surface area contributed by atoms with Crippen molar-refractivity contribution in [3.8, 4) is 0 Å². The number of nitrogens with zero attached hydrogens (tertiary/aromatic N) is 3. The fourth-order valence-electron chi connectivity index (χ4n) is 3.31. The highest BCUT2D eigenvalue weighted by molar-refractivity contribution is 7.89. The molecular formula is C21H28FN5O2S. The number of hydrogen-bond donors (Lipinski definition) is 2. The lowest BCUT2D eigenvalue weighted by Crippen LogP contribution is -2.52. The van der Waals surface area contributed by atoms with Gasteiger partial charge in [-0.1, -0.05) is 12.1 Å². The SMILES string of the molecule is CCNC(=NCc1ccc(S(=O)(=O)NC)cc1)N1CCN(c2ccc(F)cc2)CC1. The summed E-state index contributed by atoms with van der Waals surface area (Å²) in [5.41, 5.74) is 1.96. The van der Waals surface area contributed by atoms with Crippen molar-refractivity contribution in [2.24, 2.45) is 4.99 Å². The van der Waals surface area contributed by atoms with E-state index in [-0.39, 0.29) is 10.7 Å². The van der Waals surface area contributed by atoms with Gasteiger partial charge < -0.3 is 15.1 Å². The van der Waals surface area contributed by atoms with Crippen molar-refractivity contribution in [1.82, 2.24) is 14.9 Å². The first-order valence-corrected chi connectivity index (χ1v) is 11.5. The van der Waals surface area contributed by atoms with Gasteiger partial charge in [0.15, 0.2) is 5.96 Å². The molecule has 0 unspecified atom stereocenters. The van der Waals surface area contributed by atoms with E-state index in [1.807, 2.05) is 19.1 Å². The van der Waals surface area contributed by atoms with Crippen LogP contribution in [-0.4, -0.2) is 59.0 Å². The number of benzene rings is 2. The van der Waals surface area contributed by atoms with Gasteiger partial charge in [-0.15, -0.1) is 0 Å². The van der Waals surface area contributed by atoms with Crippen LogP contribution in [0.4, 0.5) is 10.1 Å². The molecule has 3 rings (SSSR count). The van der Waals surface area contributed by atoms with Crippen molar-refractivity contribution in [3.05, 3.63) is 59.9 Å². The Kier molecular flexibility index (Phi) is 7.28. The standard InChI is InChI=1S/C21H28FN5O2S/c1-3-24-21(25-16-17-4-10-20(11-5-17)30(28,29)23-2)27-14-12-26(13-15-27)19-8-6-18(22)7-9-19/h4-11,23H,3,12-16H2,1-2H3,(H,24,25). The molecule has 0 spiro atoms. The molecule has 9 heteroatoms. The van der Waals surface area contributed by atoms with Gasteiger partial charge in [-0.3, -0.25) is 0 Å². The van der Waals surface area contributed by atoms with Gasteiger partial charge in [-0.25, -0.2) is 22.5 Å². The Morgan fingerprint density at radius 3 is 2.23 bits per heavy atom. The maximum atomic E-state index is 13.1. The number of nitrogens with one attached hydrogen (secondary N) is 2. The lowest BCUT2D eigenvalue weighted by Gasteiger charge is -2.37. The summed E-state index contributed by atoms with van der Waals surface area (Å²) in [6.45, 7) is 6.52. The number of guanidine groups is 1. The number of aliphatic imine (C=N–C) groups is 1. The average Bonchev–Trinajstić information content (AvgIpc) is 2.77. The van der Waals surface area contributed by atoms with E-state index in [0.717, 1.165) is 49.9 Å². The Morgan fingerprint density at radius 2 is 1.67 bits per heavy atom. The number of piperazine rings is 1. The van der Waals surface area contributed by atoms with Crippen LogP contribution in [0.15, 0.2) is 58.4 Å². The summed E-state index contributed by atoms with van der Waals surface area (Å²) in [6, 6.07) is 13.3. The summed E-state index contributed by atoms with van der Waals surface area (Å²) in [7, 11) is -2.04. The highest BCUT2D eigenvalue weighted by Gasteiger charge is 2.20. The molecule has 0 aromatic heterocycles. The van der Waals surface area contributed by atoms with Crippen molar-refractivity contribution in [3.63, 3.8) is 0 Å². The van der Waals surface area contributed by atoms with E-state index in [0.29, 0.717) is 6.54 Å². The van der Waals surface area contributed by atoms with E-state index in [1.54, 1.807) is 24.3 Å². The molecule has 0 atom stereocenters. The molecule has 0 radical (unpaired) electrons. The van der Waals surface area contributed by atoms with Crippen LogP contribution in [0, 0.1) is 5.82 Å². The summed E-state index contributed by atoms with van der Waals surface area (Å²) in [4.78, 5) is 9.41. The van der Waals surface area contributed by atoms with Gasteiger partial charge in [0.25, 0.3) is 0 Å². The van der Waals surface area contributed by atoms with Crippen LogP contribution in [-0.2, 0) is 16.6 Å². The van der Waals surface area contributed by atoms with Crippen molar-refractivity contribution in [2.45, 2.75) is 18.4 Å². The molecule has 2 aromatic rings. The predicted octanol–water partition coefficient (Wildman–Crippen LogP) is 2.02. The van der Waals surface area contributed by atoms with Gasteiger partial charge >= 0.3 is 0 Å². The Bertz CT molecular complexity index is 954. The van der Waals surface area contributed by atoms with Crippen molar-refractivity contribution in [2.75, 3.05) is 44.7 Å². The zero-order chi connectivity index (χ0) is 21.6. The Morgan fingerprint density at radius 1 is 1.03 bits per heavy atom. The average molecular weight is 434 g/mol. The molecule has 7 nitrogen and oxygen atoms in total. The Hall–Kier alpha value is -2.65. The number of halogens is 1. The van der Waals surface area contributed by atoms with Gasteiger partial charge in [0.1, 0.15) is 5.82 Å². The molecule has 0 aliphatic carbocycles. The molecule has 1 heterocycles. The number of sulfonamides is 1. The molecule has 0 saturated carbocycles. The molecule has 162 valence electrons. The second-order valence-corrected chi connectivity index (χ2v) is 8.86. The summed E-state index contributed by atoms with van der Waals surface area (Å²) in [6.07, 6.45) is 0. The second-order valence-electron chi connectivity index (χ2n) is 6.97. The summed E-state index contributed by atoms with van der Waals surface area (Å²) in [5, 5.41) is 3.33. The van der Waals surface area contributed by atoms with Gasteiger partial charge in [0, 0.05) is 38.4 Å². The molecular weight excluding hydrogens is 405 g/mol. The monoisotopic (exact) mass is 433 g/mol. The largest absolute Gasteiger partial charge is 0.368 e. The first kappa shape index (κ1) is 22.0. The van der Waals surface area contributed by atoms with Crippen LogP contribution >= 0.6 is 0 Å². The number of hydrogen-bond acceptors (Lipinski definition) is 4. The lowest BCUT2D eigenvalue weighted by atomic mass is 10.2. The zero-order valence-electron chi connectivity index (χ0n) is 17.3. The highest BCUT2D eigenvalue weighted by Crippen LogP contribution is 2.17. The lowest BCUT2D eigenvalue weighted by molar-refractivity contribution is 0.372. The predicted molar refractivity (Wildman–Crippen MR) is 118 cm³/mol.